The standard InChI is InChI=1S/C12H14N2/c1-8-10(6-13-8)11-7-14-12-5-3-2-4-9(11)12/h2-5,7-8,10,13-14H,6H2,1H3. The van der Waals surface area contributed by atoms with Gasteiger partial charge >= 0.3 is 0 Å². The van der Waals surface area contributed by atoms with Crippen molar-refractivity contribution in [1.29, 1.82) is 0 Å². The third-order valence-corrected chi connectivity index (χ3v) is 3.28. The summed E-state index contributed by atoms with van der Waals surface area (Å²) < 4.78 is 0. The van der Waals surface area contributed by atoms with E-state index in [1.54, 1.807) is 0 Å². The maximum absolute atomic E-state index is 3.40. The highest BCUT2D eigenvalue weighted by atomic mass is 15.0. The lowest BCUT2D eigenvalue weighted by Gasteiger charge is -2.35. The Labute approximate surface area is 83.3 Å². The molecule has 1 saturated heterocycles. The number of benzene rings is 1. The van der Waals surface area contributed by atoms with E-state index in [0.29, 0.717) is 12.0 Å². The van der Waals surface area contributed by atoms with Gasteiger partial charge in [0.05, 0.1) is 0 Å². The van der Waals surface area contributed by atoms with E-state index in [1.807, 2.05) is 0 Å². The average Bonchev–Trinajstić information content (AvgIpc) is 2.60. The molecule has 2 heteroatoms. The monoisotopic (exact) mass is 186 g/mol. The molecule has 1 aliphatic heterocycles. The van der Waals surface area contributed by atoms with Crippen LogP contribution in [0, 0.1) is 0 Å². The number of rotatable bonds is 1. The summed E-state index contributed by atoms with van der Waals surface area (Å²) in [6.07, 6.45) is 2.16. The minimum atomic E-state index is 0.620. The Hall–Kier alpha value is -1.28. The van der Waals surface area contributed by atoms with E-state index >= 15 is 0 Å². The summed E-state index contributed by atoms with van der Waals surface area (Å²) >= 11 is 0. The second kappa shape index (κ2) is 2.85. The molecule has 3 rings (SSSR count). The first-order valence-corrected chi connectivity index (χ1v) is 5.15. The van der Waals surface area contributed by atoms with Gasteiger partial charge in [-0.15, -0.1) is 0 Å². The van der Waals surface area contributed by atoms with E-state index in [0.717, 1.165) is 6.54 Å². The maximum Gasteiger partial charge on any atom is 0.0456 e. The van der Waals surface area contributed by atoms with Crippen LogP contribution in [0.1, 0.15) is 18.4 Å². The summed E-state index contributed by atoms with van der Waals surface area (Å²) in [4.78, 5) is 3.33. The van der Waals surface area contributed by atoms with Crippen molar-refractivity contribution in [3.8, 4) is 0 Å². The van der Waals surface area contributed by atoms with Gasteiger partial charge in [0.1, 0.15) is 0 Å². The number of H-pyrrole nitrogens is 1. The molecule has 0 radical (unpaired) electrons. The lowest BCUT2D eigenvalue weighted by atomic mass is 9.86. The molecular formula is C12H14N2. The van der Waals surface area contributed by atoms with Gasteiger partial charge in [0.2, 0.25) is 0 Å². The first kappa shape index (κ1) is 8.06. The van der Waals surface area contributed by atoms with Gasteiger partial charge in [-0.2, -0.15) is 0 Å². The van der Waals surface area contributed by atoms with E-state index in [2.05, 4.69) is 47.7 Å². The number of aromatic amines is 1. The summed E-state index contributed by atoms with van der Waals surface area (Å²) in [6, 6.07) is 9.14. The summed E-state index contributed by atoms with van der Waals surface area (Å²) in [5.74, 6) is 0.686. The van der Waals surface area contributed by atoms with Crippen LogP contribution in [0.4, 0.5) is 0 Å². The number of hydrogen-bond donors (Lipinski definition) is 2. The molecule has 1 aromatic carbocycles. The van der Waals surface area contributed by atoms with Gasteiger partial charge in [-0.3, -0.25) is 0 Å². The minimum absolute atomic E-state index is 0.620. The van der Waals surface area contributed by atoms with Crippen LogP contribution in [0.25, 0.3) is 10.9 Å². The van der Waals surface area contributed by atoms with Gasteiger partial charge in [-0.05, 0) is 18.6 Å². The van der Waals surface area contributed by atoms with Gasteiger partial charge in [-0.25, -0.2) is 0 Å². The number of para-hydroxylation sites is 1. The number of nitrogens with one attached hydrogen (secondary N) is 2. The molecule has 72 valence electrons. The van der Waals surface area contributed by atoms with Crippen molar-refractivity contribution >= 4 is 10.9 Å². The predicted molar refractivity (Wildman–Crippen MR) is 58.5 cm³/mol. The van der Waals surface area contributed by atoms with Crippen LogP contribution in [0.15, 0.2) is 30.5 Å². The van der Waals surface area contributed by atoms with Gasteiger partial charge in [-0.1, -0.05) is 18.2 Å². The molecular weight excluding hydrogens is 172 g/mol. The zero-order chi connectivity index (χ0) is 9.54. The van der Waals surface area contributed by atoms with Gasteiger partial charge < -0.3 is 10.3 Å². The van der Waals surface area contributed by atoms with Crippen LogP contribution in [0.2, 0.25) is 0 Å². The zero-order valence-corrected chi connectivity index (χ0v) is 8.25. The van der Waals surface area contributed by atoms with Crippen molar-refractivity contribution in [2.45, 2.75) is 18.9 Å². The lowest BCUT2D eigenvalue weighted by molar-refractivity contribution is 0.336. The molecule has 2 N–H and O–H groups in total. The van der Waals surface area contributed by atoms with E-state index in [-0.39, 0.29) is 0 Å². The van der Waals surface area contributed by atoms with Gasteiger partial charge in [0.25, 0.3) is 0 Å². The van der Waals surface area contributed by atoms with Crippen molar-refractivity contribution in [2.75, 3.05) is 6.54 Å². The minimum Gasteiger partial charge on any atom is -0.361 e. The van der Waals surface area contributed by atoms with Crippen LogP contribution in [0.3, 0.4) is 0 Å². The highest BCUT2D eigenvalue weighted by molar-refractivity contribution is 5.83. The van der Waals surface area contributed by atoms with Crippen LogP contribution in [-0.2, 0) is 0 Å². The summed E-state index contributed by atoms with van der Waals surface area (Å²) in [5, 5.41) is 4.78. The summed E-state index contributed by atoms with van der Waals surface area (Å²) in [5.41, 5.74) is 2.72. The van der Waals surface area contributed by atoms with Crippen molar-refractivity contribution in [2.24, 2.45) is 0 Å². The van der Waals surface area contributed by atoms with E-state index < -0.39 is 0 Å². The molecule has 14 heavy (non-hydrogen) atoms. The number of hydrogen-bond acceptors (Lipinski definition) is 1. The Bertz CT molecular complexity index is 458. The number of fused-ring (bicyclic) bond motifs is 1. The molecule has 0 amide bonds. The Kier molecular flexibility index (Phi) is 1.64. The van der Waals surface area contributed by atoms with Crippen LogP contribution < -0.4 is 5.32 Å². The largest absolute Gasteiger partial charge is 0.361 e. The zero-order valence-electron chi connectivity index (χ0n) is 8.25. The maximum atomic E-state index is 3.40. The molecule has 2 aromatic rings. The van der Waals surface area contributed by atoms with Crippen molar-refractivity contribution in [1.82, 2.24) is 10.3 Å². The van der Waals surface area contributed by atoms with Crippen molar-refractivity contribution in [3.05, 3.63) is 36.0 Å². The molecule has 1 aromatic heterocycles. The molecule has 0 spiro atoms. The third kappa shape index (κ3) is 1.01. The van der Waals surface area contributed by atoms with E-state index in [1.165, 1.54) is 16.5 Å². The highest BCUT2D eigenvalue weighted by Gasteiger charge is 2.29. The van der Waals surface area contributed by atoms with Crippen LogP contribution in [-0.4, -0.2) is 17.6 Å². The Balaban J connectivity index is 2.12. The molecule has 2 atom stereocenters. The highest BCUT2D eigenvalue weighted by Crippen LogP contribution is 2.31. The molecule has 0 aliphatic carbocycles. The second-order valence-electron chi connectivity index (χ2n) is 4.09. The fourth-order valence-corrected chi connectivity index (χ4v) is 2.25. The van der Waals surface area contributed by atoms with Crippen molar-refractivity contribution in [3.63, 3.8) is 0 Å². The molecule has 0 bridgehead atoms. The van der Waals surface area contributed by atoms with Crippen molar-refractivity contribution < 1.29 is 0 Å². The number of aromatic nitrogens is 1. The molecule has 2 heterocycles. The summed E-state index contributed by atoms with van der Waals surface area (Å²) in [7, 11) is 0. The first-order valence-electron chi connectivity index (χ1n) is 5.15. The van der Waals surface area contributed by atoms with Gasteiger partial charge in [0, 0.05) is 35.6 Å². The van der Waals surface area contributed by atoms with Crippen LogP contribution >= 0.6 is 0 Å². The smallest absolute Gasteiger partial charge is 0.0456 e. The predicted octanol–water partition coefficient (Wildman–Crippen LogP) is 2.24. The fourth-order valence-electron chi connectivity index (χ4n) is 2.25. The Morgan fingerprint density at radius 1 is 1.29 bits per heavy atom. The van der Waals surface area contributed by atoms with E-state index in [4.69, 9.17) is 0 Å². The van der Waals surface area contributed by atoms with Gasteiger partial charge in [0.15, 0.2) is 0 Å². The lowest BCUT2D eigenvalue weighted by Crippen LogP contribution is -2.48. The molecule has 1 aliphatic rings. The topological polar surface area (TPSA) is 27.8 Å². The molecule has 2 nitrogen and oxygen atoms in total. The molecule has 1 fully saturated rings. The molecule has 0 saturated carbocycles. The first-order chi connectivity index (χ1) is 6.86. The SMILES string of the molecule is CC1NCC1c1c[nH]c2ccccc12. The molecule has 2 unspecified atom stereocenters. The van der Waals surface area contributed by atoms with E-state index in [9.17, 15) is 0 Å². The fraction of sp³-hybridized carbons (Fsp3) is 0.333. The van der Waals surface area contributed by atoms with Crippen LogP contribution in [0.5, 0.6) is 0 Å². The third-order valence-electron chi connectivity index (χ3n) is 3.28. The average molecular weight is 186 g/mol. The summed E-state index contributed by atoms with van der Waals surface area (Å²) in [6.45, 7) is 3.36. The second-order valence-corrected chi connectivity index (χ2v) is 4.09. The normalized spacial score (nSPS) is 26.4. The Morgan fingerprint density at radius 3 is 2.86 bits per heavy atom. The Morgan fingerprint density at radius 2 is 2.14 bits per heavy atom. The quantitative estimate of drug-likeness (QED) is 0.702.